The highest BCUT2D eigenvalue weighted by molar-refractivity contribution is 7.99. The lowest BCUT2D eigenvalue weighted by Gasteiger charge is -2.10. The summed E-state index contributed by atoms with van der Waals surface area (Å²) in [7, 11) is -0.504. The number of aromatic amines is 1. The van der Waals surface area contributed by atoms with Gasteiger partial charge in [-0.25, -0.2) is 18.1 Å². The van der Waals surface area contributed by atoms with Gasteiger partial charge in [-0.3, -0.25) is 4.79 Å². The molecule has 0 radical (unpaired) electrons. The number of methoxy groups -OCH3 is 2. The van der Waals surface area contributed by atoms with Crippen molar-refractivity contribution in [3.05, 3.63) is 36.4 Å². The van der Waals surface area contributed by atoms with E-state index in [2.05, 4.69) is 20.0 Å². The summed E-state index contributed by atoms with van der Waals surface area (Å²) in [6, 6.07) is 9.83. The SMILES string of the molecule is CCCCNS(=O)(=O)c1ccc2nc(SCC(=O)Nc3ccc(OC)c(OC)c3)[nH]c2c1. The van der Waals surface area contributed by atoms with E-state index in [0.717, 1.165) is 12.8 Å². The molecule has 0 aliphatic rings. The molecule has 0 saturated carbocycles. The van der Waals surface area contributed by atoms with E-state index in [9.17, 15) is 13.2 Å². The third kappa shape index (κ3) is 5.93. The second kappa shape index (κ2) is 10.7. The minimum Gasteiger partial charge on any atom is -0.493 e. The van der Waals surface area contributed by atoms with Gasteiger partial charge in [0.15, 0.2) is 16.7 Å². The highest BCUT2D eigenvalue weighted by Gasteiger charge is 2.15. The van der Waals surface area contributed by atoms with Crippen molar-refractivity contribution in [2.24, 2.45) is 0 Å². The maximum atomic E-state index is 12.4. The molecule has 32 heavy (non-hydrogen) atoms. The number of sulfonamides is 1. The van der Waals surface area contributed by atoms with Gasteiger partial charge in [-0.1, -0.05) is 25.1 Å². The fourth-order valence-corrected chi connectivity index (χ4v) is 4.70. The van der Waals surface area contributed by atoms with Crippen molar-refractivity contribution in [3.8, 4) is 11.5 Å². The zero-order chi connectivity index (χ0) is 23.1. The number of carbonyl (C=O) groups excluding carboxylic acids is 1. The molecule has 0 spiro atoms. The standard InChI is InChI=1S/C21H26N4O5S2/c1-4-5-10-22-32(27,28)15-7-8-16-17(12-15)25-21(24-16)31-13-20(26)23-14-6-9-18(29-2)19(11-14)30-3/h6-9,11-12,22H,4-5,10,13H2,1-3H3,(H,23,26)(H,24,25). The Balaban J connectivity index is 1.63. The number of hydrogen-bond donors (Lipinski definition) is 3. The van der Waals surface area contributed by atoms with Crippen LogP contribution in [0.25, 0.3) is 11.0 Å². The predicted molar refractivity (Wildman–Crippen MR) is 125 cm³/mol. The van der Waals surface area contributed by atoms with Gasteiger partial charge >= 0.3 is 0 Å². The highest BCUT2D eigenvalue weighted by atomic mass is 32.2. The number of thioether (sulfide) groups is 1. The number of imidazole rings is 1. The van der Waals surface area contributed by atoms with Crippen LogP contribution in [-0.2, 0) is 14.8 Å². The molecule has 0 unspecified atom stereocenters. The second-order valence-corrected chi connectivity index (χ2v) is 9.61. The lowest BCUT2D eigenvalue weighted by atomic mass is 10.2. The minimum atomic E-state index is -3.57. The van der Waals surface area contributed by atoms with Crippen molar-refractivity contribution in [1.82, 2.24) is 14.7 Å². The predicted octanol–water partition coefficient (Wildman–Crippen LogP) is 3.39. The van der Waals surface area contributed by atoms with E-state index in [1.54, 1.807) is 37.4 Å². The van der Waals surface area contributed by atoms with Gasteiger partial charge in [0.25, 0.3) is 0 Å². The van der Waals surface area contributed by atoms with Crippen LogP contribution in [0.1, 0.15) is 19.8 Å². The Morgan fingerprint density at radius 2 is 1.91 bits per heavy atom. The average Bonchev–Trinajstić information content (AvgIpc) is 3.20. The fraction of sp³-hybridized carbons (Fsp3) is 0.333. The van der Waals surface area contributed by atoms with E-state index < -0.39 is 10.0 Å². The molecule has 0 fully saturated rings. The molecule has 0 aliphatic carbocycles. The molecule has 0 saturated heterocycles. The van der Waals surface area contributed by atoms with E-state index >= 15 is 0 Å². The third-order valence-electron chi connectivity index (χ3n) is 4.57. The van der Waals surface area contributed by atoms with Crippen LogP contribution in [0.15, 0.2) is 46.5 Å². The van der Waals surface area contributed by atoms with Crippen molar-refractivity contribution in [3.63, 3.8) is 0 Å². The van der Waals surface area contributed by atoms with Gasteiger partial charge in [0.2, 0.25) is 15.9 Å². The van der Waals surface area contributed by atoms with Gasteiger partial charge in [-0.05, 0) is 36.8 Å². The summed E-state index contributed by atoms with van der Waals surface area (Å²) in [4.78, 5) is 20.0. The first kappa shape index (κ1) is 23.9. The molecule has 1 heterocycles. The molecule has 3 rings (SSSR count). The summed E-state index contributed by atoms with van der Waals surface area (Å²) in [5, 5.41) is 3.32. The van der Waals surface area contributed by atoms with Crippen LogP contribution in [0.3, 0.4) is 0 Å². The zero-order valence-corrected chi connectivity index (χ0v) is 19.7. The molecule has 0 atom stereocenters. The summed E-state index contributed by atoms with van der Waals surface area (Å²) in [5.41, 5.74) is 1.80. The van der Waals surface area contributed by atoms with Crippen LogP contribution in [0.2, 0.25) is 0 Å². The maximum Gasteiger partial charge on any atom is 0.240 e. The fourth-order valence-electron chi connectivity index (χ4n) is 2.91. The zero-order valence-electron chi connectivity index (χ0n) is 18.1. The Labute approximate surface area is 191 Å². The van der Waals surface area contributed by atoms with Crippen LogP contribution in [0, 0.1) is 0 Å². The van der Waals surface area contributed by atoms with Crippen molar-refractivity contribution in [1.29, 1.82) is 0 Å². The monoisotopic (exact) mass is 478 g/mol. The molecule has 0 aliphatic heterocycles. The number of H-pyrrole nitrogens is 1. The average molecular weight is 479 g/mol. The second-order valence-electron chi connectivity index (χ2n) is 6.88. The Kier molecular flexibility index (Phi) is 7.99. The van der Waals surface area contributed by atoms with Crippen molar-refractivity contribution >= 4 is 44.4 Å². The van der Waals surface area contributed by atoms with E-state index in [0.29, 0.717) is 39.9 Å². The minimum absolute atomic E-state index is 0.123. The number of aromatic nitrogens is 2. The Hall–Kier alpha value is -2.76. The number of ether oxygens (including phenoxy) is 2. The number of fused-ring (bicyclic) bond motifs is 1. The number of anilines is 1. The first-order valence-corrected chi connectivity index (χ1v) is 12.5. The third-order valence-corrected chi connectivity index (χ3v) is 6.90. The molecule has 3 N–H and O–H groups in total. The van der Waals surface area contributed by atoms with E-state index in [1.807, 2.05) is 6.92 Å². The Morgan fingerprint density at radius 3 is 2.62 bits per heavy atom. The highest BCUT2D eigenvalue weighted by Crippen LogP contribution is 2.30. The largest absolute Gasteiger partial charge is 0.493 e. The van der Waals surface area contributed by atoms with Crippen molar-refractivity contribution < 1.29 is 22.7 Å². The summed E-state index contributed by atoms with van der Waals surface area (Å²) >= 11 is 1.22. The number of nitrogens with zero attached hydrogens (tertiary/aromatic N) is 1. The summed E-state index contributed by atoms with van der Waals surface area (Å²) < 4.78 is 37.8. The molecule has 2 aromatic carbocycles. The number of rotatable bonds is 11. The van der Waals surface area contributed by atoms with Gasteiger partial charge < -0.3 is 19.8 Å². The summed E-state index contributed by atoms with van der Waals surface area (Å²) in [5.74, 6) is 0.998. The summed E-state index contributed by atoms with van der Waals surface area (Å²) in [6.07, 6.45) is 1.68. The molecule has 0 bridgehead atoms. The van der Waals surface area contributed by atoms with E-state index in [-0.39, 0.29) is 16.6 Å². The smallest absolute Gasteiger partial charge is 0.240 e. The first-order valence-electron chi connectivity index (χ1n) is 10.0. The topological polar surface area (TPSA) is 122 Å². The molecule has 172 valence electrons. The lowest BCUT2D eigenvalue weighted by Crippen LogP contribution is -2.24. The molecular formula is C21H26N4O5S2. The molecule has 9 nitrogen and oxygen atoms in total. The molecule has 1 aromatic heterocycles. The van der Waals surface area contributed by atoms with Crippen molar-refractivity contribution in [2.45, 2.75) is 29.8 Å². The number of hydrogen-bond acceptors (Lipinski definition) is 7. The van der Waals surface area contributed by atoms with Crippen LogP contribution in [0.5, 0.6) is 11.5 Å². The number of benzene rings is 2. The van der Waals surface area contributed by atoms with E-state index in [4.69, 9.17) is 9.47 Å². The Morgan fingerprint density at radius 1 is 1.12 bits per heavy atom. The Bertz CT molecular complexity index is 1190. The van der Waals surface area contributed by atoms with Crippen molar-refractivity contribution in [2.75, 3.05) is 31.8 Å². The number of carbonyl (C=O) groups is 1. The van der Waals surface area contributed by atoms with E-state index in [1.165, 1.54) is 24.9 Å². The molecule has 3 aromatic rings. The van der Waals surface area contributed by atoms with Gasteiger partial charge in [-0.2, -0.15) is 0 Å². The molecule has 11 heteroatoms. The van der Waals surface area contributed by atoms with Gasteiger partial charge in [0.1, 0.15) is 0 Å². The molecular weight excluding hydrogens is 452 g/mol. The van der Waals surface area contributed by atoms with Crippen LogP contribution in [-0.4, -0.2) is 50.8 Å². The quantitative estimate of drug-likeness (QED) is 0.285. The van der Waals surface area contributed by atoms with Crippen LogP contribution in [0.4, 0.5) is 5.69 Å². The first-order chi connectivity index (χ1) is 15.4. The van der Waals surface area contributed by atoms with Crippen LogP contribution < -0.4 is 19.5 Å². The number of amides is 1. The number of nitrogens with one attached hydrogen (secondary N) is 3. The van der Waals surface area contributed by atoms with Gasteiger partial charge in [0.05, 0.1) is 35.9 Å². The molecule has 1 amide bonds. The van der Waals surface area contributed by atoms with Gasteiger partial charge in [0, 0.05) is 18.3 Å². The summed E-state index contributed by atoms with van der Waals surface area (Å²) in [6.45, 7) is 2.40. The normalized spacial score (nSPS) is 11.5. The van der Waals surface area contributed by atoms with Crippen LogP contribution >= 0.6 is 11.8 Å². The maximum absolute atomic E-state index is 12.4. The van der Waals surface area contributed by atoms with Gasteiger partial charge in [-0.15, -0.1) is 0 Å². The number of unbranched alkanes of at least 4 members (excludes halogenated alkanes) is 1. The lowest BCUT2D eigenvalue weighted by molar-refractivity contribution is -0.113.